The molecule has 0 N–H and O–H groups in total. The molecule has 3 nitrogen and oxygen atoms in total. The number of rotatable bonds is 5. The molecule has 0 fully saturated rings. The lowest BCUT2D eigenvalue weighted by molar-refractivity contribution is 0.353. The van der Waals surface area contributed by atoms with Crippen molar-refractivity contribution < 1.29 is 4.42 Å². The van der Waals surface area contributed by atoms with Crippen molar-refractivity contribution in [3.05, 3.63) is 202 Å². The molecule has 1 aromatic heterocycles. The number of allylic oxidation sites excluding steroid dienone is 8. The highest BCUT2D eigenvalue weighted by atomic mass is 32.2. The van der Waals surface area contributed by atoms with Crippen LogP contribution in [0.5, 0.6) is 0 Å². The van der Waals surface area contributed by atoms with E-state index in [1.54, 1.807) is 0 Å². The first-order valence-electron chi connectivity index (χ1n) is 18.7. The summed E-state index contributed by atoms with van der Waals surface area (Å²) in [6.45, 7) is 0. The Hall–Kier alpha value is -5.45. The first kappa shape index (κ1) is 30.2. The van der Waals surface area contributed by atoms with Gasteiger partial charge in [0.2, 0.25) is 0 Å². The van der Waals surface area contributed by atoms with Crippen molar-refractivity contribution in [3.8, 4) is 0 Å². The van der Waals surface area contributed by atoms with Gasteiger partial charge in [-0.2, -0.15) is 0 Å². The van der Waals surface area contributed by atoms with E-state index < -0.39 is 0 Å². The summed E-state index contributed by atoms with van der Waals surface area (Å²) >= 11 is 1.94. The molecule has 5 aromatic rings. The zero-order chi connectivity index (χ0) is 34.2. The summed E-state index contributed by atoms with van der Waals surface area (Å²) < 4.78 is 6.50. The van der Waals surface area contributed by atoms with Crippen LogP contribution >= 0.6 is 11.8 Å². The zero-order valence-corrected chi connectivity index (χ0v) is 29.6. The number of hydrogen-bond acceptors (Lipinski definition) is 4. The normalized spacial score (nSPS) is 25.0. The van der Waals surface area contributed by atoms with Crippen LogP contribution in [0.15, 0.2) is 189 Å². The fraction of sp³-hybridized carbons (Fsp3) is 0.167. The molecule has 0 amide bonds. The number of thioether (sulfide) groups is 1. The van der Waals surface area contributed by atoms with E-state index in [0.717, 1.165) is 30.6 Å². The Morgan fingerprint density at radius 2 is 1.58 bits per heavy atom. The predicted octanol–water partition coefficient (Wildman–Crippen LogP) is 12.0. The standard InChI is InChI=1S/C48H38N2OS/c1-2-11-32(12-3-1)50-42-17-7-4-13-37(42)38-27-25-34(29-43(38)50)49(35-26-28-40-39-14-5-8-18-44(39)51-45(40)30-35)33-23-21-31(22-24-33)36-16-10-20-47-48(36)41-15-6-9-19-46(41)52-47/h1-23,25,27,29-30,33,36,38,43,48H,24,26,28H2. The number of hydrogen-bond donors (Lipinski definition) is 0. The quantitative estimate of drug-likeness (QED) is 0.183. The van der Waals surface area contributed by atoms with Crippen LogP contribution in [0.25, 0.3) is 17.0 Å². The molecule has 4 aliphatic carbocycles. The minimum Gasteiger partial charge on any atom is -0.456 e. The second kappa shape index (κ2) is 12.1. The van der Waals surface area contributed by atoms with Crippen LogP contribution in [-0.2, 0) is 6.42 Å². The molecule has 52 heavy (non-hydrogen) atoms. The molecule has 2 aliphatic heterocycles. The summed E-state index contributed by atoms with van der Waals surface area (Å²) in [6.07, 6.45) is 27.0. The molecule has 3 heterocycles. The first-order valence-corrected chi connectivity index (χ1v) is 19.5. The highest BCUT2D eigenvalue weighted by molar-refractivity contribution is 8.03. The van der Waals surface area contributed by atoms with Gasteiger partial charge in [-0.05, 0) is 83.4 Å². The molecule has 0 radical (unpaired) electrons. The zero-order valence-electron chi connectivity index (χ0n) is 28.8. The Labute approximate surface area is 309 Å². The van der Waals surface area contributed by atoms with Crippen molar-refractivity contribution in [2.24, 2.45) is 5.92 Å². The van der Waals surface area contributed by atoms with E-state index in [1.807, 2.05) is 11.8 Å². The molecule has 0 bridgehead atoms. The number of aryl methyl sites for hydroxylation is 1. The van der Waals surface area contributed by atoms with Crippen LogP contribution in [0.3, 0.4) is 0 Å². The molecule has 0 spiro atoms. The third-order valence-electron chi connectivity index (χ3n) is 11.9. The van der Waals surface area contributed by atoms with Gasteiger partial charge >= 0.3 is 0 Å². The molecule has 0 saturated heterocycles. The summed E-state index contributed by atoms with van der Waals surface area (Å²) in [6, 6.07) is 37.7. The van der Waals surface area contributed by atoms with Gasteiger partial charge in [-0.1, -0.05) is 127 Å². The summed E-state index contributed by atoms with van der Waals surface area (Å²) in [5, 5.41) is 1.24. The molecule has 252 valence electrons. The number of fused-ring (bicyclic) bond motifs is 9. The predicted molar refractivity (Wildman–Crippen MR) is 215 cm³/mol. The van der Waals surface area contributed by atoms with Crippen LogP contribution < -0.4 is 4.90 Å². The van der Waals surface area contributed by atoms with Crippen molar-refractivity contribution >= 4 is 40.2 Å². The van der Waals surface area contributed by atoms with E-state index in [0.29, 0.717) is 17.8 Å². The molecule has 5 atom stereocenters. The van der Waals surface area contributed by atoms with Crippen LogP contribution in [0.1, 0.15) is 47.1 Å². The lowest BCUT2D eigenvalue weighted by Gasteiger charge is -2.40. The van der Waals surface area contributed by atoms with Gasteiger partial charge in [-0.25, -0.2) is 0 Å². The minimum atomic E-state index is 0.185. The third kappa shape index (κ3) is 4.74. The second-order valence-corrected chi connectivity index (χ2v) is 15.8. The highest BCUT2D eigenvalue weighted by Crippen LogP contribution is 2.55. The number of benzene rings is 4. The monoisotopic (exact) mass is 690 g/mol. The molecule has 6 aliphatic rings. The maximum absolute atomic E-state index is 6.50. The van der Waals surface area contributed by atoms with Crippen LogP contribution in [-0.4, -0.2) is 17.0 Å². The molecule has 0 saturated carbocycles. The van der Waals surface area contributed by atoms with Gasteiger partial charge in [-0.15, -0.1) is 0 Å². The molecular formula is C48H38N2OS. The topological polar surface area (TPSA) is 19.6 Å². The van der Waals surface area contributed by atoms with E-state index in [-0.39, 0.29) is 12.1 Å². The SMILES string of the molecule is C1=CC(C2=CCC(N(C3=CC4C(C=C3)c3ccccc3N4c3ccccc3)C3=Cc4oc5ccccc5c4CC3)C=C2)C2C(=C1)Sc1ccccc12. The number of anilines is 2. The Morgan fingerprint density at radius 1 is 0.750 bits per heavy atom. The second-order valence-electron chi connectivity index (χ2n) is 14.6. The Balaban J connectivity index is 0.980. The number of para-hydroxylation sites is 3. The molecule has 4 heteroatoms. The number of nitrogens with zero attached hydrogens (tertiary/aromatic N) is 2. The van der Waals surface area contributed by atoms with Gasteiger partial charge in [0, 0.05) is 62.4 Å². The van der Waals surface area contributed by atoms with Crippen molar-refractivity contribution in [2.45, 2.75) is 48.1 Å². The maximum atomic E-state index is 6.50. The largest absolute Gasteiger partial charge is 0.456 e. The maximum Gasteiger partial charge on any atom is 0.135 e. The lowest BCUT2D eigenvalue weighted by Crippen LogP contribution is -2.37. The van der Waals surface area contributed by atoms with Crippen LogP contribution in [0.4, 0.5) is 11.4 Å². The van der Waals surface area contributed by atoms with Gasteiger partial charge in [-0.3, -0.25) is 0 Å². The Bertz CT molecular complexity index is 2470. The van der Waals surface area contributed by atoms with E-state index in [4.69, 9.17) is 4.42 Å². The summed E-state index contributed by atoms with van der Waals surface area (Å²) in [4.78, 5) is 8.04. The van der Waals surface area contributed by atoms with E-state index in [1.165, 1.54) is 60.2 Å². The van der Waals surface area contributed by atoms with Crippen LogP contribution in [0.2, 0.25) is 0 Å². The van der Waals surface area contributed by atoms with Crippen molar-refractivity contribution in [2.75, 3.05) is 4.90 Å². The van der Waals surface area contributed by atoms with Crippen molar-refractivity contribution in [3.63, 3.8) is 0 Å². The molecule has 4 aromatic carbocycles. The number of furan rings is 1. The third-order valence-corrected chi connectivity index (χ3v) is 13.1. The Kier molecular flexibility index (Phi) is 7.01. The average Bonchev–Trinajstić information content (AvgIpc) is 3.88. The molecule has 5 unspecified atom stereocenters. The fourth-order valence-corrected chi connectivity index (χ4v) is 10.8. The van der Waals surface area contributed by atoms with E-state index in [2.05, 4.69) is 174 Å². The van der Waals surface area contributed by atoms with Gasteiger partial charge in [0.05, 0.1) is 12.1 Å². The average molecular weight is 691 g/mol. The van der Waals surface area contributed by atoms with E-state index in [9.17, 15) is 0 Å². The van der Waals surface area contributed by atoms with Crippen molar-refractivity contribution in [1.29, 1.82) is 0 Å². The molecule has 11 rings (SSSR count). The smallest absolute Gasteiger partial charge is 0.135 e. The van der Waals surface area contributed by atoms with E-state index >= 15 is 0 Å². The molecular weight excluding hydrogens is 653 g/mol. The summed E-state index contributed by atoms with van der Waals surface area (Å²) in [7, 11) is 0. The summed E-state index contributed by atoms with van der Waals surface area (Å²) in [5.41, 5.74) is 11.7. The summed E-state index contributed by atoms with van der Waals surface area (Å²) in [5.74, 6) is 2.05. The van der Waals surface area contributed by atoms with Gasteiger partial charge in [0.15, 0.2) is 0 Å². The fourth-order valence-electron chi connectivity index (χ4n) is 9.54. The highest BCUT2D eigenvalue weighted by Gasteiger charge is 2.40. The lowest BCUT2D eigenvalue weighted by atomic mass is 9.77. The van der Waals surface area contributed by atoms with Gasteiger partial charge in [0.1, 0.15) is 11.3 Å². The Morgan fingerprint density at radius 3 is 2.48 bits per heavy atom. The van der Waals surface area contributed by atoms with Crippen molar-refractivity contribution in [1.82, 2.24) is 4.90 Å². The first-order chi connectivity index (χ1) is 25.8. The van der Waals surface area contributed by atoms with Crippen LogP contribution in [0, 0.1) is 5.92 Å². The van der Waals surface area contributed by atoms with Gasteiger partial charge in [0.25, 0.3) is 0 Å². The van der Waals surface area contributed by atoms with Gasteiger partial charge < -0.3 is 14.2 Å². The minimum absolute atomic E-state index is 0.185.